The van der Waals surface area contributed by atoms with Crippen LogP contribution >= 0.6 is 22.7 Å². The normalized spacial score (nSPS) is 12.2. The molecule has 0 amide bonds. The molecule has 0 aliphatic rings. The van der Waals surface area contributed by atoms with Gasteiger partial charge in [0.05, 0.1) is 26.1 Å². The van der Waals surface area contributed by atoms with Gasteiger partial charge in [-0.15, -0.1) is 22.7 Å². The molecular weight excluding hydrogens is 352 g/mol. The van der Waals surface area contributed by atoms with Gasteiger partial charge in [0, 0.05) is 10.9 Å². The van der Waals surface area contributed by atoms with Gasteiger partial charge >= 0.3 is 0 Å². The molecule has 0 aliphatic heterocycles. The van der Waals surface area contributed by atoms with E-state index in [0.717, 1.165) is 40.9 Å². The van der Waals surface area contributed by atoms with Crippen molar-refractivity contribution in [2.45, 2.75) is 20.0 Å². The molecule has 25 heavy (non-hydrogen) atoms. The number of benzene rings is 1. The first-order valence-corrected chi connectivity index (χ1v) is 9.87. The van der Waals surface area contributed by atoms with Gasteiger partial charge < -0.3 is 14.4 Å². The Morgan fingerprint density at radius 2 is 1.84 bits per heavy atom. The van der Waals surface area contributed by atoms with Crippen LogP contribution in [0.3, 0.4) is 0 Å². The van der Waals surface area contributed by atoms with E-state index in [-0.39, 0.29) is 0 Å². The van der Waals surface area contributed by atoms with E-state index in [0.29, 0.717) is 0 Å². The standard InChI is InChI=1S/C19H22N2O2S2/c1-13-7-8-24-18(13)11-21(2)10-15-12-25-19(20-15)14-5-6-16(22-3)17(9-14)23-4/h5-9,12H,10-11H2,1-4H3/p+1. The molecule has 2 heterocycles. The van der Waals surface area contributed by atoms with Crippen LogP contribution in [0.4, 0.5) is 0 Å². The number of aromatic nitrogens is 1. The van der Waals surface area contributed by atoms with Crippen LogP contribution in [0.25, 0.3) is 10.6 Å². The zero-order valence-corrected chi connectivity index (χ0v) is 16.6. The van der Waals surface area contributed by atoms with Crippen molar-refractivity contribution in [2.75, 3.05) is 21.3 Å². The predicted molar refractivity (Wildman–Crippen MR) is 104 cm³/mol. The van der Waals surface area contributed by atoms with E-state index in [1.165, 1.54) is 15.3 Å². The van der Waals surface area contributed by atoms with Crippen molar-refractivity contribution >= 4 is 22.7 Å². The fraction of sp³-hybridized carbons (Fsp3) is 0.316. The van der Waals surface area contributed by atoms with Crippen LogP contribution in [-0.4, -0.2) is 26.3 Å². The van der Waals surface area contributed by atoms with Crippen LogP contribution in [0.15, 0.2) is 35.0 Å². The van der Waals surface area contributed by atoms with Gasteiger partial charge in [-0.25, -0.2) is 4.98 Å². The smallest absolute Gasteiger partial charge is 0.161 e. The van der Waals surface area contributed by atoms with Gasteiger partial charge in [0.1, 0.15) is 23.8 Å². The number of hydrogen-bond acceptors (Lipinski definition) is 5. The number of methoxy groups -OCH3 is 2. The van der Waals surface area contributed by atoms with Crippen molar-refractivity contribution in [3.63, 3.8) is 0 Å². The number of nitrogens with one attached hydrogen (secondary N) is 1. The fourth-order valence-corrected chi connectivity index (χ4v) is 4.56. The zero-order valence-electron chi connectivity index (χ0n) is 15.0. The lowest BCUT2D eigenvalue weighted by atomic mass is 10.2. The van der Waals surface area contributed by atoms with Crippen molar-refractivity contribution < 1.29 is 14.4 Å². The molecular formula is C19H23N2O2S2+. The Balaban J connectivity index is 1.71. The molecule has 0 saturated heterocycles. The SMILES string of the molecule is COc1ccc(-c2nc(C[NH+](C)Cc3sccc3C)cs2)cc1OC. The topological polar surface area (TPSA) is 35.8 Å². The molecule has 4 nitrogen and oxygen atoms in total. The van der Waals surface area contributed by atoms with Crippen molar-refractivity contribution in [3.05, 3.63) is 51.2 Å². The van der Waals surface area contributed by atoms with Crippen LogP contribution in [0.5, 0.6) is 11.5 Å². The maximum absolute atomic E-state index is 5.39. The average molecular weight is 376 g/mol. The summed E-state index contributed by atoms with van der Waals surface area (Å²) in [5.41, 5.74) is 3.57. The van der Waals surface area contributed by atoms with Crippen LogP contribution < -0.4 is 14.4 Å². The Kier molecular flexibility index (Phi) is 5.73. The minimum atomic E-state index is 0.729. The Hall–Kier alpha value is -1.89. The van der Waals surface area contributed by atoms with E-state index in [9.17, 15) is 0 Å². The van der Waals surface area contributed by atoms with Gasteiger partial charge in [-0.3, -0.25) is 0 Å². The zero-order chi connectivity index (χ0) is 17.8. The minimum Gasteiger partial charge on any atom is -0.493 e. The highest BCUT2D eigenvalue weighted by molar-refractivity contribution is 7.13. The summed E-state index contributed by atoms with van der Waals surface area (Å²) < 4.78 is 10.7. The van der Waals surface area contributed by atoms with E-state index < -0.39 is 0 Å². The van der Waals surface area contributed by atoms with E-state index in [2.05, 4.69) is 30.8 Å². The largest absolute Gasteiger partial charge is 0.493 e. The van der Waals surface area contributed by atoms with Gasteiger partial charge in [-0.05, 0) is 42.1 Å². The van der Waals surface area contributed by atoms with Crippen LogP contribution in [-0.2, 0) is 13.1 Å². The Morgan fingerprint density at radius 1 is 1.04 bits per heavy atom. The molecule has 1 aromatic carbocycles. The van der Waals surface area contributed by atoms with Crippen LogP contribution in [0.2, 0.25) is 0 Å². The number of aryl methyl sites for hydroxylation is 1. The first-order valence-electron chi connectivity index (χ1n) is 8.11. The molecule has 0 spiro atoms. The van der Waals surface area contributed by atoms with E-state index in [1.807, 2.05) is 29.5 Å². The minimum absolute atomic E-state index is 0.729. The summed E-state index contributed by atoms with van der Waals surface area (Å²) >= 11 is 3.50. The highest BCUT2D eigenvalue weighted by Gasteiger charge is 2.13. The second kappa shape index (κ2) is 7.99. The molecule has 1 N–H and O–H groups in total. The second-order valence-corrected chi connectivity index (χ2v) is 7.91. The summed E-state index contributed by atoms with van der Waals surface area (Å²) in [6, 6.07) is 8.11. The molecule has 3 rings (SSSR count). The number of thiazole rings is 1. The number of ether oxygens (including phenoxy) is 2. The monoisotopic (exact) mass is 375 g/mol. The third kappa shape index (κ3) is 4.21. The van der Waals surface area contributed by atoms with Gasteiger partial charge in [0.2, 0.25) is 0 Å². The molecule has 0 aliphatic carbocycles. The summed E-state index contributed by atoms with van der Waals surface area (Å²) in [6.07, 6.45) is 0. The Morgan fingerprint density at radius 3 is 2.52 bits per heavy atom. The maximum atomic E-state index is 5.39. The molecule has 0 bridgehead atoms. The summed E-state index contributed by atoms with van der Waals surface area (Å²) in [5, 5.41) is 5.32. The summed E-state index contributed by atoms with van der Waals surface area (Å²) in [4.78, 5) is 7.70. The lowest BCUT2D eigenvalue weighted by Gasteiger charge is -2.12. The van der Waals surface area contributed by atoms with Gasteiger partial charge in [-0.1, -0.05) is 0 Å². The third-order valence-electron chi connectivity index (χ3n) is 4.10. The molecule has 0 fully saturated rings. The highest BCUT2D eigenvalue weighted by Crippen LogP contribution is 2.33. The Bertz CT molecular complexity index is 842. The number of rotatable bonds is 7. The molecule has 1 unspecified atom stereocenters. The molecule has 1 atom stereocenters. The molecule has 6 heteroatoms. The summed E-state index contributed by atoms with van der Waals surface area (Å²) in [6.45, 7) is 4.13. The number of thiophene rings is 1. The van der Waals surface area contributed by atoms with Crippen molar-refractivity contribution in [3.8, 4) is 22.1 Å². The van der Waals surface area contributed by atoms with E-state index in [4.69, 9.17) is 14.5 Å². The third-order valence-corrected chi connectivity index (χ3v) is 6.06. The summed E-state index contributed by atoms with van der Waals surface area (Å²) in [7, 11) is 5.52. The van der Waals surface area contributed by atoms with Gasteiger partial charge in [0.25, 0.3) is 0 Å². The highest BCUT2D eigenvalue weighted by atomic mass is 32.1. The lowest BCUT2D eigenvalue weighted by Crippen LogP contribution is -3.06. The average Bonchev–Trinajstić information content (AvgIpc) is 3.24. The molecule has 132 valence electrons. The van der Waals surface area contributed by atoms with Crippen molar-refractivity contribution in [1.82, 2.24) is 4.98 Å². The van der Waals surface area contributed by atoms with E-state index >= 15 is 0 Å². The first-order chi connectivity index (χ1) is 12.1. The quantitative estimate of drug-likeness (QED) is 0.687. The number of hydrogen-bond donors (Lipinski definition) is 1. The van der Waals surface area contributed by atoms with Gasteiger partial charge in [0.15, 0.2) is 11.5 Å². The molecule has 0 radical (unpaired) electrons. The molecule has 0 saturated carbocycles. The molecule has 2 aromatic heterocycles. The predicted octanol–water partition coefficient (Wildman–Crippen LogP) is 3.41. The van der Waals surface area contributed by atoms with Crippen LogP contribution in [0.1, 0.15) is 16.1 Å². The van der Waals surface area contributed by atoms with Crippen molar-refractivity contribution in [2.24, 2.45) is 0 Å². The Labute approximate surface area is 156 Å². The second-order valence-electron chi connectivity index (χ2n) is 6.05. The first kappa shape index (κ1) is 17.9. The van der Waals surface area contributed by atoms with Crippen LogP contribution in [0, 0.1) is 6.92 Å². The number of nitrogens with zero attached hydrogens (tertiary/aromatic N) is 1. The lowest BCUT2D eigenvalue weighted by molar-refractivity contribution is -0.907. The fourth-order valence-electron chi connectivity index (χ4n) is 2.72. The summed E-state index contributed by atoms with van der Waals surface area (Å²) in [5.74, 6) is 1.46. The number of quaternary nitrogens is 1. The molecule has 3 aromatic rings. The van der Waals surface area contributed by atoms with E-state index in [1.54, 1.807) is 25.6 Å². The maximum Gasteiger partial charge on any atom is 0.161 e. The van der Waals surface area contributed by atoms with Gasteiger partial charge in [-0.2, -0.15) is 0 Å². The van der Waals surface area contributed by atoms with Crippen molar-refractivity contribution in [1.29, 1.82) is 0 Å².